The molecule has 0 spiro atoms. The average Bonchev–Trinajstić information content (AvgIpc) is 2.72. The molecule has 2 aromatic heterocycles. The maximum atomic E-state index is 13.3. The van der Waals surface area contributed by atoms with Gasteiger partial charge in [0.1, 0.15) is 11.6 Å². The standard InChI is InChI=1S/C21H24FN5/c22-18-9-7-17(8-10-18)20(27-15-19-5-1-3-11-24-19)16-23-13-14-26-21-6-2-4-12-25-21/h1-12,20,23,27H,13-16H2,(H,25,26). The van der Waals surface area contributed by atoms with Gasteiger partial charge in [-0.2, -0.15) is 0 Å². The van der Waals surface area contributed by atoms with Gasteiger partial charge >= 0.3 is 0 Å². The molecular formula is C21H24FN5. The Kier molecular flexibility index (Phi) is 7.26. The molecule has 3 aromatic rings. The van der Waals surface area contributed by atoms with E-state index in [9.17, 15) is 4.39 Å². The van der Waals surface area contributed by atoms with Gasteiger partial charge in [0, 0.05) is 44.6 Å². The van der Waals surface area contributed by atoms with Gasteiger partial charge in [-0.1, -0.05) is 24.3 Å². The number of anilines is 1. The van der Waals surface area contributed by atoms with Gasteiger partial charge in [0.25, 0.3) is 0 Å². The lowest BCUT2D eigenvalue weighted by Gasteiger charge is -2.20. The van der Waals surface area contributed by atoms with Crippen molar-refractivity contribution in [2.75, 3.05) is 25.0 Å². The van der Waals surface area contributed by atoms with E-state index in [4.69, 9.17) is 0 Å². The van der Waals surface area contributed by atoms with Crippen LogP contribution in [0.25, 0.3) is 0 Å². The van der Waals surface area contributed by atoms with Crippen LogP contribution in [0.1, 0.15) is 17.3 Å². The molecule has 2 heterocycles. The fraction of sp³-hybridized carbons (Fsp3) is 0.238. The Hall–Kier alpha value is -2.83. The van der Waals surface area contributed by atoms with Crippen molar-refractivity contribution in [1.82, 2.24) is 20.6 Å². The van der Waals surface area contributed by atoms with E-state index in [2.05, 4.69) is 25.9 Å². The molecule has 0 aliphatic carbocycles. The molecule has 1 aromatic carbocycles. The van der Waals surface area contributed by atoms with Gasteiger partial charge in [-0.25, -0.2) is 9.37 Å². The molecule has 27 heavy (non-hydrogen) atoms. The van der Waals surface area contributed by atoms with Crippen LogP contribution in [-0.2, 0) is 6.54 Å². The zero-order valence-electron chi connectivity index (χ0n) is 15.1. The molecule has 5 nitrogen and oxygen atoms in total. The quantitative estimate of drug-likeness (QED) is 0.482. The van der Waals surface area contributed by atoms with Gasteiger partial charge < -0.3 is 16.0 Å². The Labute approximate surface area is 159 Å². The zero-order chi connectivity index (χ0) is 18.7. The second kappa shape index (κ2) is 10.4. The van der Waals surface area contributed by atoms with Gasteiger partial charge in [-0.05, 0) is 42.0 Å². The summed E-state index contributed by atoms with van der Waals surface area (Å²) in [5, 5.41) is 10.2. The average molecular weight is 365 g/mol. The minimum absolute atomic E-state index is 0.0578. The summed E-state index contributed by atoms with van der Waals surface area (Å²) >= 11 is 0. The predicted molar refractivity (Wildman–Crippen MR) is 106 cm³/mol. The fourth-order valence-electron chi connectivity index (χ4n) is 2.73. The molecule has 0 saturated heterocycles. The summed E-state index contributed by atoms with van der Waals surface area (Å²) < 4.78 is 13.3. The highest BCUT2D eigenvalue weighted by Gasteiger charge is 2.11. The molecule has 3 N–H and O–H groups in total. The Morgan fingerprint density at radius 1 is 0.852 bits per heavy atom. The number of hydrogen-bond donors (Lipinski definition) is 3. The lowest BCUT2D eigenvalue weighted by Crippen LogP contribution is -2.34. The maximum absolute atomic E-state index is 13.3. The van der Waals surface area contributed by atoms with Crippen LogP contribution in [0.4, 0.5) is 10.2 Å². The van der Waals surface area contributed by atoms with E-state index in [1.807, 2.05) is 48.5 Å². The smallest absolute Gasteiger partial charge is 0.125 e. The van der Waals surface area contributed by atoms with Crippen LogP contribution in [0.2, 0.25) is 0 Å². The molecule has 1 atom stereocenters. The largest absolute Gasteiger partial charge is 0.369 e. The summed E-state index contributed by atoms with van der Waals surface area (Å²) in [7, 11) is 0. The number of nitrogens with zero attached hydrogens (tertiary/aromatic N) is 2. The van der Waals surface area contributed by atoms with Crippen molar-refractivity contribution in [2.45, 2.75) is 12.6 Å². The second-order valence-electron chi connectivity index (χ2n) is 6.15. The number of pyridine rings is 2. The summed E-state index contributed by atoms with van der Waals surface area (Å²) in [5.74, 6) is 0.636. The number of hydrogen-bond acceptors (Lipinski definition) is 5. The summed E-state index contributed by atoms with van der Waals surface area (Å²) in [5.41, 5.74) is 2.01. The van der Waals surface area contributed by atoms with Crippen LogP contribution in [0.15, 0.2) is 73.1 Å². The van der Waals surface area contributed by atoms with Crippen LogP contribution in [0.5, 0.6) is 0 Å². The van der Waals surface area contributed by atoms with E-state index in [1.54, 1.807) is 12.4 Å². The first-order valence-corrected chi connectivity index (χ1v) is 9.05. The first kappa shape index (κ1) is 18.9. The lowest BCUT2D eigenvalue weighted by atomic mass is 10.1. The Balaban J connectivity index is 1.50. The van der Waals surface area contributed by atoms with Gasteiger partial charge in [-0.3, -0.25) is 4.98 Å². The summed E-state index contributed by atoms with van der Waals surface area (Å²) in [4.78, 5) is 8.58. The SMILES string of the molecule is Fc1ccc(C(CNCCNc2ccccn2)NCc2ccccn2)cc1. The summed E-state index contributed by atoms with van der Waals surface area (Å²) in [6, 6.07) is 18.3. The fourth-order valence-corrected chi connectivity index (χ4v) is 2.73. The van der Waals surface area contributed by atoms with E-state index in [0.29, 0.717) is 6.54 Å². The topological polar surface area (TPSA) is 61.9 Å². The molecule has 3 rings (SSSR count). The minimum atomic E-state index is -0.227. The van der Waals surface area contributed by atoms with Crippen molar-refractivity contribution < 1.29 is 4.39 Å². The van der Waals surface area contributed by atoms with Gasteiger partial charge in [-0.15, -0.1) is 0 Å². The molecule has 1 unspecified atom stereocenters. The predicted octanol–water partition coefficient (Wildman–Crippen LogP) is 3.15. The second-order valence-corrected chi connectivity index (χ2v) is 6.15. The first-order chi connectivity index (χ1) is 13.3. The minimum Gasteiger partial charge on any atom is -0.369 e. The molecule has 0 saturated carbocycles. The third kappa shape index (κ3) is 6.44. The zero-order valence-corrected chi connectivity index (χ0v) is 15.1. The van der Waals surface area contributed by atoms with Gasteiger partial charge in [0.15, 0.2) is 0 Å². The summed E-state index contributed by atoms with van der Waals surface area (Å²) in [6.45, 7) is 2.94. The Bertz CT molecular complexity index is 781. The molecule has 0 fully saturated rings. The number of aromatic nitrogens is 2. The lowest BCUT2D eigenvalue weighted by molar-refractivity contribution is 0.488. The van der Waals surface area contributed by atoms with Crippen LogP contribution >= 0.6 is 0 Å². The number of rotatable bonds is 10. The van der Waals surface area contributed by atoms with Crippen LogP contribution in [0, 0.1) is 5.82 Å². The molecular weight excluding hydrogens is 341 g/mol. The van der Waals surface area contributed by atoms with Crippen molar-refractivity contribution in [3.8, 4) is 0 Å². The van der Waals surface area contributed by atoms with Crippen LogP contribution in [-0.4, -0.2) is 29.6 Å². The highest BCUT2D eigenvalue weighted by Crippen LogP contribution is 2.14. The highest BCUT2D eigenvalue weighted by molar-refractivity contribution is 5.32. The van der Waals surface area contributed by atoms with Crippen LogP contribution < -0.4 is 16.0 Å². The van der Waals surface area contributed by atoms with E-state index in [1.165, 1.54) is 12.1 Å². The number of halogens is 1. The third-order valence-corrected chi connectivity index (χ3v) is 4.15. The maximum Gasteiger partial charge on any atom is 0.125 e. The van der Waals surface area contributed by atoms with Crippen molar-refractivity contribution >= 4 is 5.82 Å². The molecule has 0 aliphatic heterocycles. The van der Waals surface area contributed by atoms with Gasteiger partial charge in [0.2, 0.25) is 0 Å². The monoisotopic (exact) mass is 365 g/mol. The summed E-state index contributed by atoms with van der Waals surface area (Å²) in [6.07, 6.45) is 3.55. The molecule has 140 valence electrons. The molecule has 0 aliphatic rings. The Morgan fingerprint density at radius 3 is 2.33 bits per heavy atom. The van der Waals surface area contributed by atoms with Crippen LogP contribution in [0.3, 0.4) is 0 Å². The van der Waals surface area contributed by atoms with E-state index < -0.39 is 0 Å². The molecule has 6 heteroatoms. The van der Waals surface area contributed by atoms with E-state index >= 15 is 0 Å². The van der Waals surface area contributed by atoms with Crippen molar-refractivity contribution in [1.29, 1.82) is 0 Å². The number of benzene rings is 1. The van der Waals surface area contributed by atoms with E-state index in [0.717, 1.165) is 36.7 Å². The van der Waals surface area contributed by atoms with Crippen molar-refractivity contribution in [2.24, 2.45) is 0 Å². The van der Waals surface area contributed by atoms with E-state index in [-0.39, 0.29) is 11.9 Å². The highest BCUT2D eigenvalue weighted by atomic mass is 19.1. The Morgan fingerprint density at radius 2 is 1.63 bits per heavy atom. The molecule has 0 amide bonds. The normalized spacial score (nSPS) is 11.9. The van der Waals surface area contributed by atoms with Gasteiger partial charge in [0.05, 0.1) is 5.69 Å². The van der Waals surface area contributed by atoms with Crippen molar-refractivity contribution in [3.05, 3.63) is 90.1 Å². The third-order valence-electron chi connectivity index (χ3n) is 4.15. The number of nitrogens with one attached hydrogen (secondary N) is 3. The first-order valence-electron chi connectivity index (χ1n) is 9.05. The molecule has 0 radical (unpaired) electrons. The molecule has 0 bridgehead atoms. The van der Waals surface area contributed by atoms with Crippen molar-refractivity contribution in [3.63, 3.8) is 0 Å².